The van der Waals surface area contributed by atoms with Gasteiger partial charge in [-0.1, -0.05) is 36.9 Å². The number of carboxylic acid groups (broad SMARTS) is 1. The van der Waals surface area contributed by atoms with E-state index < -0.39 is 17.7 Å². The maximum Gasteiger partial charge on any atom is 0.337 e. The highest BCUT2D eigenvalue weighted by atomic mass is 16.5. The van der Waals surface area contributed by atoms with Crippen LogP contribution >= 0.6 is 0 Å². The molecule has 0 amide bonds. The summed E-state index contributed by atoms with van der Waals surface area (Å²) in [7, 11) is 0. The molecule has 11 heteroatoms. The molecule has 244 valence electrons. The molecule has 5 rings (SSSR count). The van der Waals surface area contributed by atoms with Gasteiger partial charge in [0.05, 0.1) is 29.6 Å². The first-order valence-corrected chi connectivity index (χ1v) is 15.6. The van der Waals surface area contributed by atoms with Gasteiger partial charge in [0.15, 0.2) is 17.6 Å². The highest BCUT2D eigenvalue weighted by Gasteiger charge is 2.37. The zero-order valence-electron chi connectivity index (χ0n) is 27.4. The molecule has 46 heavy (non-hydrogen) atoms. The van der Waals surface area contributed by atoms with Crippen molar-refractivity contribution in [2.75, 3.05) is 31.2 Å². The lowest BCUT2D eigenvalue weighted by Crippen LogP contribution is -2.45. The van der Waals surface area contributed by atoms with Crippen LogP contribution in [0.15, 0.2) is 68.0 Å². The van der Waals surface area contributed by atoms with Gasteiger partial charge in [-0.3, -0.25) is 0 Å². The molecule has 0 saturated carbocycles. The van der Waals surface area contributed by atoms with E-state index in [0.717, 1.165) is 29.7 Å². The smallest absolute Gasteiger partial charge is 0.337 e. The average molecular weight is 629 g/mol. The van der Waals surface area contributed by atoms with E-state index in [4.69, 9.17) is 24.3 Å². The zero-order valence-corrected chi connectivity index (χ0v) is 27.4. The molecule has 0 unspecified atom stereocenters. The van der Waals surface area contributed by atoms with Gasteiger partial charge < -0.3 is 24.2 Å². The fourth-order valence-electron chi connectivity index (χ4n) is 5.74. The normalized spacial score (nSPS) is 15.5. The highest BCUT2D eigenvalue weighted by molar-refractivity contribution is 5.78. The van der Waals surface area contributed by atoms with E-state index in [2.05, 4.69) is 30.1 Å². The minimum absolute atomic E-state index is 0.309. The number of anilines is 1. The summed E-state index contributed by atoms with van der Waals surface area (Å²) >= 11 is 0. The maximum atomic E-state index is 12.7. The van der Waals surface area contributed by atoms with Gasteiger partial charge in [-0.2, -0.15) is 9.61 Å². The largest absolute Gasteiger partial charge is 0.489 e. The van der Waals surface area contributed by atoms with E-state index in [1.165, 1.54) is 0 Å². The van der Waals surface area contributed by atoms with Crippen molar-refractivity contribution in [2.45, 2.75) is 71.2 Å². The minimum atomic E-state index is -1.25. The fourth-order valence-corrected chi connectivity index (χ4v) is 5.74. The van der Waals surface area contributed by atoms with Crippen molar-refractivity contribution in [1.29, 1.82) is 0 Å². The first-order valence-electron chi connectivity index (χ1n) is 15.6. The van der Waals surface area contributed by atoms with E-state index in [9.17, 15) is 9.90 Å². The number of rotatable bonds is 13. The second kappa shape index (κ2) is 13.5. The Bertz CT molecular complexity index is 1710. The molecule has 0 radical (unpaired) electrons. The van der Waals surface area contributed by atoms with Crippen molar-refractivity contribution in [3.63, 3.8) is 0 Å². The van der Waals surface area contributed by atoms with Crippen LogP contribution in [-0.4, -0.2) is 73.0 Å². The van der Waals surface area contributed by atoms with Crippen LogP contribution in [0.1, 0.15) is 69.0 Å². The maximum absolute atomic E-state index is 12.7. The molecule has 3 aromatic heterocycles. The van der Waals surface area contributed by atoms with Gasteiger partial charge in [0.25, 0.3) is 0 Å². The van der Waals surface area contributed by atoms with E-state index in [-0.39, 0.29) is 5.60 Å². The molecule has 1 aliphatic rings. The Morgan fingerprint density at radius 2 is 1.87 bits per heavy atom. The number of aliphatic carboxylic acids is 1. The molecule has 1 aromatic carbocycles. The van der Waals surface area contributed by atoms with Crippen molar-refractivity contribution in [1.82, 2.24) is 24.4 Å². The van der Waals surface area contributed by atoms with Gasteiger partial charge in [-0.15, -0.1) is 11.7 Å². The molecule has 0 spiro atoms. The fraction of sp³-hybridized carbons (Fsp3) is 0.429. The number of piperidine rings is 1. The molecule has 1 aliphatic heterocycles. The summed E-state index contributed by atoms with van der Waals surface area (Å²) in [6, 6.07) is 9.77. The van der Waals surface area contributed by atoms with Gasteiger partial charge >= 0.3 is 5.97 Å². The van der Waals surface area contributed by atoms with Crippen molar-refractivity contribution >= 4 is 17.4 Å². The summed E-state index contributed by atoms with van der Waals surface area (Å²) in [6.45, 7) is 19.2. The summed E-state index contributed by atoms with van der Waals surface area (Å²) in [4.78, 5) is 19.7. The van der Waals surface area contributed by atoms with Crippen molar-refractivity contribution in [3.05, 3.63) is 90.4 Å². The third-order valence-electron chi connectivity index (χ3n) is 8.01. The van der Waals surface area contributed by atoms with Crippen LogP contribution in [0.5, 0.6) is 5.75 Å². The standard InChI is InChI=1S/C35H44N6O5/c1-8-18-44-27-13-11-10-12-26(27)20-25-22-36-40(23-25)29-21-28-37-24(3)30(31(33(42)43)46-34(4,5)6)32(41(28)38-29)39-16-14-35(7,15-17-39)45-19-9-2/h8-13,21-23,31H,1-2,14-20H2,3-7H3,(H,42,43)/t31-/m0/s1. The molecule has 1 fully saturated rings. The van der Waals surface area contributed by atoms with E-state index >= 15 is 0 Å². The topological polar surface area (TPSA) is 116 Å². The summed E-state index contributed by atoms with van der Waals surface area (Å²) in [5.41, 5.74) is 2.64. The quantitative estimate of drug-likeness (QED) is 0.181. The number of para-hydroxylation sites is 1. The number of nitrogens with zero attached hydrogens (tertiary/aromatic N) is 6. The number of ether oxygens (including phenoxy) is 3. The number of hydrogen-bond donors (Lipinski definition) is 1. The molecule has 1 saturated heterocycles. The van der Waals surface area contributed by atoms with Gasteiger partial charge in [0, 0.05) is 37.5 Å². The predicted octanol–water partition coefficient (Wildman–Crippen LogP) is 5.88. The molecule has 11 nitrogen and oxygen atoms in total. The first kappa shape index (κ1) is 32.9. The van der Waals surface area contributed by atoms with E-state index in [1.807, 2.05) is 70.4 Å². The van der Waals surface area contributed by atoms with Crippen LogP contribution in [0.25, 0.3) is 11.5 Å². The Balaban J connectivity index is 1.55. The number of benzene rings is 1. The monoisotopic (exact) mass is 628 g/mol. The predicted molar refractivity (Wildman–Crippen MR) is 177 cm³/mol. The van der Waals surface area contributed by atoms with E-state index in [0.29, 0.717) is 61.3 Å². The third-order valence-corrected chi connectivity index (χ3v) is 8.01. The van der Waals surface area contributed by atoms with Crippen LogP contribution in [0.3, 0.4) is 0 Å². The van der Waals surface area contributed by atoms with Gasteiger partial charge in [0.1, 0.15) is 18.2 Å². The number of aryl methyl sites for hydroxylation is 1. The molecule has 0 bridgehead atoms. The number of fused-ring (bicyclic) bond motifs is 1. The number of hydrogen-bond acceptors (Lipinski definition) is 8. The summed E-state index contributed by atoms with van der Waals surface area (Å²) in [5.74, 6) is 0.931. The van der Waals surface area contributed by atoms with Crippen LogP contribution in [0, 0.1) is 6.92 Å². The molecule has 4 aromatic rings. The molecule has 1 atom stereocenters. The minimum Gasteiger partial charge on any atom is -0.489 e. The third kappa shape index (κ3) is 7.32. The van der Waals surface area contributed by atoms with Gasteiger partial charge in [-0.05, 0) is 64.7 Å². The lowest BCUT2D eigenvalue weighted by molar-refractivity contribution is -0.160. The first-order chi connectivity index (χ1) is 21.9. The van der Waals surface area contributed by atoms with Crippen molar-refractivity contribution in [3.8, 4) is 11.6 Å². The molecule has 0 aliphatic carbocycles. The lowest BCUT2D eigenvalue weighted by Gasteiger charge is -2.41. The molecule has 1 N–H and O–H groups in total. The summed E-state index contributed by atoms with van der Waals surface area (Å²) in [5, 5.41) is 20.0. The second-order valence-electron chi connectivity index (χ2n) is 12.9. The number of carboxylic acids is 1. The Labute approximate surface area is 270 Å². The van der Waals surface area contributed by atoms with E-state index in [1.54, 1.807) is 21.3 Å². The molecular weight excluding hydrogens is 584 g/mol. The molecular formula is C35H44N6O5. The van der Waals surface area contributed by atoms with Gasteiger partial charge in [0.2, 0.25) is 0 Å². The van der Waals surface area contributed by atoms with Crippen LogP contribution in [0.2, 0.25) is 0 Å². The van der Waals surface area contributed by atoms with Crippen molar-refractivity contribution < 1.29 is 24.1 Å². The summed E-state index contributed by atoms with van der Waals surface area (Å²) in [6.07, 6.45) is 8.10. The van der Waals surface area contributed by atoms with Crippen LogP contribution < -0.4 is 9.64 Å². The average Bonchev–Trinajstić information content (AvgIpc) is 3.65. The highest BCUT2D eigenvalue weighted by Crippen LogP contribution is 2.38. The molecule has 4 heterocycles. The Hall–Kier alpha value is -4.48. The van der Waals surface area contributed by atoms with Crippen LogP contribution in [-0.2, 0) is 20.7 Å². The second-order valence-corrected chi connectivity index (χ2v) is 12.9. The number of carbonyl (C=O) groups is 1. The van der Waals surface area contributed by atoms with Crippen LogP contribution in [0.4, 0.5) is 5.82 Å². The summed E-state index contributed by atoms with van der Waals surface area (Å²) < 4.78 is 21.5. The van der Waals surface area contributed by atoms with Crippen molar-refractivity contribution in [2.24, 2.45) is 0 Å². The number of aromatic nitrogens is 5. The zero-order chi connectivity index (χ0) is 33.1. The SMILES string of the molecule is C=CCOc1ccccc1Cc1cnn(-c2cc3nc(C)c([C@H](OC(C)(C)C)C(=O)O)c(N4CCC(C)(OCC=C)CC4)n3n2)c1. The van der Waals surface area contributed by atoms with Gasteiger partial charge in [-0.25, -0.2) is 14.5 Å². The Morgan fingerprint density at radius 1 is 1.15 bits per heavy atom. The Kier molecular flexibility index (Phi) is 9.64. The Morgan fingerprint density at radius 3 is 2.54 bits per heavy atom. The lowest BCUT2D eigenvalue weighted by atomic mass is 9.92.